The molecule has 0 bridgehead atoms. The van der Waals surface area contributed by atoms with Gasteiger partial charge in [-0.05, 0) is 24.3 Å². The van der Waals surface area contributed by atoms with Crippen molar-refractivity contribution in [2.75, 3.05) is 17.7 Å². The second-order valence-corrected chi connectivity index (χ2v) is 7.33. The maximum atomic E-state index is 12.1. The Bertz CT molecular complexity index is 1160. The molecular weight excluding hydrogens is 414 g/mol. The predicted molar refractivity (Wildman–Crippen MR) is 116 cm³/mol. The standard InChI is InChI=1S/C23H21N3O6/c1-23(2)31-21(27)16(22(28)32-23)11-25-17-6-4-5-7-18(17)26-14-8-9-15(19(10-14)29-3)20-12-24-13-30-20/h4-13,25-26H,1-3H3. The second-order valence-electron chi connectivity index (χ2n) is 7.33. The van der Waals surface area contributed by atoms with Crippen molar-refractivity contribution in [2.24, 2.45) is 0 Å². The number of nitrogens with one attached hydrogen (secondary N) is 2. The van der Waals surface area contributed by atoms with E-state index in [4.69, 9.17) is 18.6 Å². The van der Waals surface area contributed by atoms with Crippen molar-refractivity contribution in [3.8, 4) is 17.1 Å². The zero-order chi connectivity index (χ0) is 22.7. The van der Waals surface area contributed by atoms with Gasteiger partial charge in [-0.3, -0.25) is 0 Å². The molecule has 9 nitrogen and oxygen atoms in total. The highest BCUT2D eigenvalue weighted by Gasteiger charge is 2.38. The van der Waals surface area contributed by atoms with Gasteiger partial charge in [-0.1, -0.05) is 12.1 Å². The van der Waals surface area contributed by atoms with E-state index < -0.39 is 17.7 Å². The highest BCUT2D eigenvalue weighted by Crippen LogP contribution is 2.34. The number of methoxy groups -OCH3 is 1. The summed E-state index contributed by atoms with van der Waals surface area (Å²) in [6.07, 6.45) is 4.24. The van der Waals surface area contributed by atoms with E-state index in [0.29, 0.717) is 22.9 Å². The van der Waals surface area contributed by atoms with Crippen LogP contribution in [-0.4, -0.2) is 29.8 Å². The number of carbonyl (C=O) groups excluding carboxylic acids is 2. The lowest BCUT2D eigenvalue weighted by molar-refractivity contribution is -0.222. The first kappa shape index (κ1) is 21.0. The van der Waals surface area contributed by atoms with Crippen LogP contribution < -0.4 is 15.4 Å². The molecule has 1 aliphatic rings. The van der Waals surface area contributed by atoms with Gasteiger partial charge in [-0.15, -0.1) is 0 Å². The minimum atomic E-state index is -1.29. The lowest BCUT2D eigenvalue weighted by Gasteiger charge is -2.29. The van der Waals surface area contributed by atoms with Crippen molar-refractivity contribution in [1.29, 1.82) is 0 Å². The zero-order valence-electron chi connectivity index (χ0n) is 17.7. The molecule has 1 saturated heterocycles. The summed E-state index contributed by atoms with van der Waals surface area (Å²) in [5.41, 5.74) is 2.63. The molecule has 0 spiro atoms. The van der Waals surface area contributed by atoms with Gasteiger partial charge in [0.15, 0.2) is 17.7 Å². The molecule has 0 saturated carbocycles. The Morgan fingerprint density at radius 2 is 1.75 bits per heavy atom. The van der Waals surface area contributed by atoms with Crippen molar-refractivity contribution in [2.45, 2.75) is 19.6 Å². The monoisotopic (exact) mass is 435 g/mol. The normalized spacial score (nSPS) is 14.9. The molecule has 2 heterocycles. The number of hydrogen-bond acceptors (Lipinski definition) is 9. The molecule has 164 valence electrons. The second kappa shape index (κ2) is 8.46. The quantitative estimate of drug-likeness (QED) is 0.334. The summed E-state index contributed by atoms with van der Waals surface area (Å²) in [6, 6.07) is 12.9. The van der Waals surface area contributed by atoms with Gasteiger partial charge in [0, 0.05) is 31.8 Å². The van der Waals surface area contributed by atoms with Gasteiger partial charge in [-0.2, -0.15) is 0 Å². The first-order valence-electron chi connectivity index (χ1n) is 9.72. The van der Waals surface area contributed by atoms with Crippen molar-refractivity contribution in [3.05, 3.63) is 66.8 Å². The minimum Gasteiger partial charge on any atom is -0.496 e. The number of aromatic nitrogens is 1. The number of para-hydroxylation sites is 2. The third-order valence-electron chi connectivity index (χ3n) is 4.59. The summed E-state index contributed by atoms with van der Waals surface area (Å²) in [6.45, 7) is 2.99. The first-order chi connectivity index (χ1) is 15.4. The molecule has 4 rings (SSSR count). The van der Waals surface area contributed by atoms with E-state index in [2.05, 4.69) is 15.6 Å². The smallest absolute Gasteiger partial charge is 0.350 e. The largest absolute Gasteiger partial charge is 0.496 e. The highest BCUT2D eigenvalue weighted by molar-refractivity contribution is 6.15. The highest BCUT2D eigenvalue weighted by atomic mass is 16.7. The summed E-state index contributed by atoms with van der Waals surface area (Å²) in [4.78, 5) is 28.2. The van der Waals surface area contributed by atoms with Crippen LogP contribution in [0.1, 0.15) is 13.8 Å². The van der Waals surface area contributed by atoms with Crippen LogP contribution in [0.4, 0.5) is 17.1 Å². The Labute approximate surface area is 184 Å². The van der Waals surface area contributed by atoms with Crippen LogP contribution in [0, 0.1) is 0 Å². The Hall–Kier alpha value is -4.27. The topological polar surface area (TPSA) is 112 Å². The molecular formula is C23H21N3O6. The number of carbonyl (C=O) groups is 2. The Morgan fingerprint density at radius 1 is 1.03 bits per heavy atom. The lowest BCUT2D eigenvalue weighted by atomic mass is 10.1. The van der Waals surface area contributed by atoms with Crippen molar-refractivity contribution in [1.82, 2.24) is 4.98 Å². The van der Waals surface area contributed by atoms with Crippen LogP contribution in [0.3, 0.4) is 0 Å². The van der Waals surface area contributed by atoms with Gasteiger partial charge in [-0.25, -0.2) is 14.6 Å². The summed E-state index contributed by atoms with van der Waals surface area (Å²) in [5.74, 6) is -1.60. The minimum absolute atomic E-state index is 0.225. The maximum Gasteiger partial charge on any atom is 0.350 e. The van der Waals surface area contributed by atoms with E-state index in [9.17, 15) is 9.59 Å². The molecule has 2 aromatic carbocycles. The van der Waals surface area contributed by atoms with Crippen LogP contribution >= 0.6 is 0 Å². The lowest BCUT2D eigenvalue weighted by Crippen LogP contribution is -2.42. The van der Waals surface area contributed by atoms with Crippen molar-refractivity contribution in [3.63, 3.8) is 0 Å². The number of esters is 2. The Kier molecular flexibility index (Phi) is 5.55. The van der Waals surface area contributed by atoms with Gasteiger partial charge in [0.2, 0.25) is 0 Å². The molecule has 0 amide bonds. The van der Waals surface area contributed by atoms with E-state index in [-0.39, 0.29) is 5.57 Å². The average Bonchev–Trinajstić information content (AvgIpc) is 3.28. The number of anilines is 3. The number of cyclic esters (lactones) is 2. The molecule has 0 unspecified atom stereocenters. The molecule has 3 aromatic rings. The predicted octanol–water partition coefficient (Wildman–Crippen LogP) is 4.23. The summed E-state index contributed by atoms with van der Waals surface area (Å²) in [5, 5.41) is 6.27. The molecule has 1 aliphatic heterocycles. The SMILES string of the molecule is COc1cc(Nc2ccccc2NC=C2C(=O)OC(C)(C)OC2=O)ccc1-c1cnco1. The van der Waals surface area contributed by atoms with Crippen molar-refractivity contribution < 1.29 is 28.2 Å². The number of rotatable bonds is 6. The number of nitrogens with zero attached hydrogens (tertiary/aromatic N) is 1. The van der Waals surface area contributed by atoms with Gasteiger partial charge in [0.05, 0.1) is 30.2 Å². The Balaban J connectivity index is 1.56. The molecule has 2 N–H and O–H groups in total. The van der Waals surface area contributed by atoms with Gasteiger partial charge >= 0.3 is 11.9 Å². The fourth-order valence-electron chi connectivity index (χ4n) is 3.12. The van der Waals surface area contributed by atoms with E-state index in [1.807, 2.05) is 36.4 Å². The van der Waals surface area contributed by atoms with Crippen LogP contribution in [0.15, 0.2) is 71.2 Å². The first-order valence-corrected chi connectivity index (χ1v) is 9.72. The van der Waals surface area contributed by atoms with E-state index in [1.54, 1.807) is 19.4 Å². The fraction of sp³-hybridized carbons (Fsp3) is 0.174. The Morgan fingerprint density at radius 3 is 2.41 bits per heavy atom. The van der Waals surface area contributed by atoms with E-state index in [0.717, 1.165) is 11.3 Å². The molecule has 0 radical (unpaired) electrons. The zero-order valence-corrected chi connectivity index (χ0v) is 17.7. The molecule has 1 aromatic heterocycles. The molecule has 9 heteroatoms. The van der Waals surface area contributed by atoms with Gasteiger partial charge in [0.25, 0.3) is 5.79 Å². The molecule has 32 heavy (non-hydrogen) atoms. The van der Waals surface area contributed by atoms with E-state index in [1.165, 1.54) is 26.4 Å². The van der Waals surface area contributed by atoms with Gasteiger partial charge < -0.3 is 29.3 Å². The fourth-order valence-corrected chi connectivity index (χ4v) is 3.12. The molecule has 0 aliphatic carbocycles. The van der Waals surface area contributed by atoms with Crippen LogP contribution in [0.5, 0.6) is 5.75 Å². The van der Waals surface area contributed by atoms with Crippen LogP contribution in [0.2, 0.25) is 0 Å². The number of oxazole rings is 1. The molecule has 0 atom stereocenters. The summed E-state index contributed by atoms with van der Waals surface area (Å²) >= 11 is 0. The summed E-state index contributed by atoms with van der Waals surface area (Å²) < 4.78 is 21.1. The van der Waals surface area contributed by atoms with Crippen molar-refractivity contribution >= 4 is 29.0 Å². The number of ether oxygens (including phenoxy) is 3. The van der Waals surface area contributed by atoms with Crippen LogP contribution in [-0.2, 0) is 19.1 Å². The average molecular weight is 435 g/mol. The van der Waals surface area contributed by atoms with Gasteiger partial charge in [0.1, 0.15) is 5.75 Å². The number of hydrogen-bond donors (Lipinski definition) is 2. The third-order valence-corrected chi connectivity index (χ3v) is 4.59. The van der Waals surface area contributed by atoms with Crippen LogP contribution in [0.25, 0.3) is 11.3 Å². The number of benzene rings is 2. The summed E-state index contributed by atoms with van der Waals surface area (Å²) in [7, 11) is 1.57. The molecule has 1 fully saturated rings. The van der Waals surface area contributed by atoms with E-state index >= 15 is 0 Å². The maximum absolute atomic E-state index is 12.1. The third kappa shape index (κ3) is 4.41.